The molecule has 0 atom stereocenters. The summed E-state index contributed by atoms with van der Waals surface area (Å²) in [7, 11) is 0. The Morgan fingerprint density at radius 1 is 1.05 bits per heavy atom. The van der Waals surface area contributed by atoms with Crippen LogP contribution in [-0.2, 0) is 6.42 Å². The molecule has 21 heavy (non-hydrogen) atoms. The average molecular weight is 301 g/mol. The zero-order valence-corrected chi connectivity index (χ0v) is 12.4. The van der Waals surface area contributed by atoms with Gasteiger partial charge in [0.25, 0.3) is 0 Å². The van der Waals surface area contributed by atoms with Gasteiger partial charge in [-0.15, -0.1) is 0 Å². The molecule has 1 heterocycles. The number of fused-ring (bicyclic) bond motifs is 1. The maximum Gasteiger partial charge on any atom is 0.161 e. The van der Waals surface area contributed by atoms with E-state index in [0.29, 0.717) is 16.4 Å². The lowest BCUT2D eigenvalue weighted by molar-refractivity contribution is 0.640. The fraction of sp³-hybridized carbons (Fsp3) is 0.176. The van der Waals surface area contributed by atoms with Crippen molar-refractivity contribution in [1.82, 2.24) is 9.97 Å². The lowest BCUT2D eigenvalue weighted by Crippen LogP contribution is -1.97. The summed E-state index contributed by atoms with van der Waals surface area (Å²) in [6.07, 6.45) is 1.82. The van der Waals surface area contributed by atoms with Crippen molar-refractivity contribution in [1.29, 1.82) is 0 Å². The summed E-state index contributed by atoms with van der Waals surface area (Å²) >= 11 is 6.09. The molecule has 3 rings (SSSR count). The SMILES string of the molecule is CCCc1cc(Cl)nc(-c2ccc(F)c3ccccc23)n1. The van der Waals surface area contributed by atoms with Crippen LogP contribution in [0, 0.1) is 5.82 Å². The maximum absolute atomic E-state index is 13.9. The molecule has 2 nitrogen and oxygen atoms in total. The molecule has 4 heteroatoms. The van der Waals surface area contributed by atoms with Crippen molar-refractivity contribution < 1.29 is 4.39 Å². The Morgan fingerprint density at radius 2 is 1.81 bits per heavy atom. The Bertz CT molecular complexity index is 802. The highest BCUT2D eigenvalue weighted by Crippen LogP contribution is 2.29. The topological polar surface area (TPSA) is 25.8 Å². The largest absolute Gasteiger partial charge is 0.233 e. The highest BCUT2D eigenvalue weighted by Gasteiger charge is 2.11. The van der Waals surface area contributed by atoms with Gasteiger partial charge in [0, 0.05) is 16.6 Å². The van der Waals surface area contributed by atoms with Crippen molar-refractivity contribution in [3.05, 3.63) is 59.1 Å². The van der Waals surface area contributed by atoms with Gasteiger partial charge in [-0.1, -0.05) is 49.2 Å². The molecular weight excluding hydrogens is 287 g/mol. The van der Waals surface area contributed by atoms with Crippen LogP contribution >= 0.6 is 11.6 Å². The minimum absolute atomic E-state index is 0.245. The third-order valence-electron chi connectivity index (χ3n) is 3.37. The molecule has 0 bridgehead atoms. The molecule has 0 unspecified atom stereocenters. The molecule has 3 aromatic rings. The first kappa shape index (κ1) is 14.0. The van der Waals surface area contributed by atoms with E-state index in [2.05, 4.69) is 16.9 Å². The first-order valence-electron chi connectivity index (χ1n) is 6.90. The number of nitrogens with zero attached hydrogens (tertiary/aromatic N) is 2. The summed E-state index contributed by atoms with van der Waals surface area (Å²) in [5.74, 6) is 0.298. The van der Waals surface area contributed by atoms with Crippen molar-refractivity contribution in [3.63, 3.8) is 0 Å². The highest BCUT2D eigenvalue weighted by atomic mass is 35.5. The van der Waals surface area contributed by atoms with Crippen LogP contribution in [-0.4, -0.2) is 9.97 Å². The summed E-state index contributed by atoms with van der Waals surface area (Å²) in [6.45, 7) is 2.09. The molecule has 0 aliphatic rings. The normalized spacial score (nSPS) is 11.0. The van der Waals surface area contributed by atoms with E-state index in [9.17, 15) is 4.39 Å². The van der Waals surface area contributed by atoms with Crippen LogP contribution in [0.5, 0.6) is 0 Å². The molecule has 0 radical (unpaired) electrons. The summed E-state index contributed by atoms with van der Waals surface area (Å²) < 4.78 is 13.9. The first-order chi connectivity index (χ1) is 10.2. The zero-order valence-electron chi connectivity index (χ0n) is 11.6. The number of benzene rings is 2. The third kappa shape index (κ3) is 2.74. The van der Waals surface area contributed by atoms with Gasteiger partial charge >= 0.3 is 0 Å². The van der Waals surface area contributed by atoms with Crippen molar-refractivity contribution in [3.8, 4) is 11.4 Å². The van der Waals surface area contributed by atoms with E-state index in [-0.39, 0.29) is 5.82 Å². The predicted octanol–water partition coefficient (Wildman–Crippen LogP) is 5.04. The van der Waals surface area contributed by atoms with E-state index in [1.54, 1.807) is 18.2 Å². The maximum atomic E-state index is 13.9. The van der Waals surface area contributed by atoms with Gasteiger partial charge in [-0.2, -0.15) is 0 Å². The Morgan fingerprint density at radius 3 is 2.57 bits per heavy atom. The van der Waals surface area contributed by atoms with Gasteiger partial charge < -0.3 is 0 Å². The molecule has 106 valence electrons. The minimum Gasteiger partial charge on any atom is -0.233 e. The monoisotopic (exact) mass is 300 g/mol. The highest BCUT2D eigenvalue weighted by molar-refractivity contribution is 6.29. The van der Waals surface area contributed by atoms with Crippen LogP contribution in [0.15, 0.2) is 42.5 Å². The van der Waals surface area contributed by atoms with E-state index in [1.165, 1.54) is 6.07 Å². The Kier molecular flexibility index (Phi) is 3.84. The second-order valence-electron chi connectivity index (χ2n) is 4.90. The number of aryl methyl sites for hydroxylation is 1. The van der Waals surface area contributed by atoms with E-state index in [1.807, 2.05) is 18.2 Å². The molecule has 1 aromatic heterocycles. The van der Waals surface area contributed by atoms with Gasteiger partial charge in [-0.05, 0) is 30.0 Å². The van der Waals surface area contributed by atoms with E-state index in [4.69, 9.17) is 11.6 Å². The van der Waals surface area contributed by atoms with Crippen LogP contribution in [0.25, 0.3) is 22.2 Å². The molecule has 0 aliphatic heterocycles. The van der Waals surface area contributed by atoms with Crippen LogP contribution < -0.4 is 0 Å². The summed E-state index contributed by atoms with van der Waals surface area (Å²) in [4.78, 5) is 8.85. The predicted molar refractivity (Wildman–Crippen MR) is 83.9 cm³/mol. The van der Waals surface area contributed by atoms with Crippen LogP contribution in [0.2, 0.25) is 5.15 Å². The average Bonchev–Trinajstić information content (AvgIpc) is 2.47. The Labute approximate surface area is 127 Å². The summed E-state index contributed by atoms with van der Waals surface area (Å²) in [5, 5.41) is 1.77. The van der Waals surface area contributed by atoms with Gasteiger partial charge in [0.2, 0.25) is 0 Å². The molecule has 0 amide bonds. The van der Waals surface area contributed by atoms with Gasteiger partial charge in [0.15, 0.2) is 5.82 Å². The lowest BCUT2D eigenvalue weighted by Gasteiger charge is -2.08. The molecule has 0 saturated heterocycles. The fourth-order valence-electron chi connectivity index (χ4n) is 2.43. The van der Waals surface area contributed by atoms with Gasteiger partial charge in [-0.3, -0.25) is 0 Å². The molecule has 2 aromatic carbocycles. The van der Waals surface area contributed by atoms with Gasteiger partial charge in [-0.25, -0.2) is 14.4 Å². The number of halogens is 2. The number of rotatable bonds is 3. The zero-order chi connectivity index (χ0) is 14.8. The lowest BCUT2D eigenvalue weighted by atomic mass is 10.0. The standard InChI is InChI=1S/C17H14ClFN2/c1-2-5-11-10-16(18)21-17(20-11)14-8-9-15(19)13-7-4-3-6-12(13)14/h3-4,6-10H,2,5H2,1H3. The van der Waals surface area contributed by atoms with Crippen LogP contribution in [0.4, 0.5) is 4.39 Å². The minimum atomic E-state index is -0.245. The number of aromatic nitrogens is 2. The van der Waals surface area contributed by atoms with Crippen molar-refractivity contribution >= 4 is 22.4 Å². The molecule has 0 N–H and O–H groups in total. The van der Waals surface area contributed by atoms with Crippen LogP contribution in [0.1, 0.15) is 19.0 Å². The first-order valence-corrected chi connectivity index (χ1v) is 7.28. The summed E-state index contributed by atoms with van der Waals surface area (Å²) in [6, 6.07) is 12.3. The Hall–Kier alpha value is -2.00. The molecule has 0 saturated carbocycles. The second kappa shape index (κ2) is 5.78. The fourth-order valence-corrected chi connectivity index (χ4v) is 2.63. The van der Waals surface area contributed by atoms with Crippen LogP contribution in [0.3, 0.4) is 0 Å². The van der Waals surface area contributed by atoms with Gasteiger partial charge in [0.05, 0.1) is 0 Å². The number of hydrogen-bond acceptors (Lipinski definition) is 2. The quantitative estimate of drug-likeness (QED) is 0.633. The summed E-state index contributed by atoms with van der Waals surface area (Å²) in [5.41, 5.74) is 1.70. The smallest absolute Gasteiger partial charge is 0.161 e. The molecule has 0 aliphatic carbocycles. The van der Waals surface area contributed by atoms with Gasteiger partial charge in [0.1, 0.15) is 11.0 Å². The molecule has 0 fully saturated rings. The van der Waals surface area contributed by atoms with E-state index < -0.39 is 0 Å². The van der Waals surface area contributed by atoms with Crippen molar-refractivity contribution in [2.75, 3.05) is 0 Å². The molecule has 0 spiro atoms. The Balaban J connectivity index is 2.23. The van der Waals surface area contributed by atoms with Crippen molar-refractivity contribution in [2.45, 2.75) is 19.8 Å². The van der Waals surface area contributed by atoms with E-state index in [0.717, 1.165) is 29.5 Å². The second-order valence-corrected chi connectivity index (χ2v) is 5.28. The molecular formula is C17H14ClFN2. The van der Waals surface area contributed by atoms with E-state index >= 15 is 0 Å². The number of hydrogen-bond donors (Lipinski definition) is 0. The van der Waals surface area contributed by atoms with Crippen molar-refractivity contribution in [2.24, 2.45) is 0 Å². The third-order valence-corrected chi connectivity index (χ3v) is 3.56.